The number of benzene rings is 3. The van der Waals surface area contributed by atoms with Crippen LogP contribution in [0.25, 0.3) is 6.08 Å². The Balaban J connectivity index is 1.42. The number of hydrogen-bond acceptors (Lipinski definition) is 5. The molecule has 1 saturated heterocycles. The van der Waals surface area contributed by atoms with Gasteiger partial charge in [0.05, 0.1) is 7.11 Å². The number of ether oxygens (including phenoxy) is 2. The Labute approximate surface area is 207 Å². The first kappa shape index (κ1) is 24.5. The Morgan fingerprint density at radius 1 is 1.03 bits per heavy atom. The Morgan fingerprint density at radius 2 is 1.75 bits per heavy atom. The van der Waals surface area contributed by atoms with E-state index in [4.69, 9.17) is 9.47 Å². The lowest BCUT2D eigenvalue weighted by Crippen LogP contribution is -2.38. The highest BCUT2D eigenvalue weighted by atomic mass is 19.1. The maximum Gasteiger partial charge on any atom is 0.329 e. The predicted octanol–water partition coefficient (Wildman–Crippen LogP) is 4.25. The number of nitrogens with one attached hydrogen (secondary N) is 2. The number of imide groups is 1. The summed E-state index contributed by atoms with van der Waals surface area (Å²) in [5.41, 5.74) is 3.01. The van der Waals surface area contributed by atoms with Crippen molar-refractivity contribution in [3.63, 3.8) is 0 Å². The van der Waals surface area contributed by atoms with Gasteiger partial charge in [-0.25, -0.2) is 14.1 Å². The van der Waals surface area contributed by atoms with Crippen LogP contribution in [0.5, 0.6) is 11.5 Å². The van der Waals surface area contributed by atoms with E-state index in [1.165, 1.54) is 25.3 Å². The summed E-state index contributed by atoms with van der Waals surface area (Å²) in [5.74, 6) is -0.562. The van der Waals surface area contributed by atoms with Gasteiger partial charge in [0, 0.05) is 5.69 Å². The van der Waals surface area contributed by atoms with Crippen molar-refractivity contribution in [2.24, 2.45) is 0 Å². The zero-order valence-electron chi connectivity index (χ0n) is 19.7. The Bertz CT molecular complexity index is 1320. The van der Waals surface area contributed by atoms with Gasteiger partial charge in [-0.1, -0.05) is 35.9 Å². The second-order valence-electron chi connectivity index (χ2n) is 8.12. The molecule has 1 fully saturated rings. The molecule has 4 rings (SSSR count). The number of rotatable bonds is 8. The van der Waals surface area contributed by atoms with Crippen LogP contribution in [0.1, 0.15) is 16.7 Å². The van der Waals surface area contributed by atoms with Crippen LogP contribution in [0.4, 0.5) is 14.9 Å². The minimum atomic E-state index is -0.684. The van der Waals surface area contributed by atoms with Crippen LogP contribution in [0, 0.1) is 12.7 Å². The molecule has 3 aromatic rings. The first-order valence-corrected chi connectivity index (χ1v) is 11.1. The van der Waals surface area contributed by atoms with E-state index < -0.39 is 24.4 Å². The van der Waals surface area contributed by atoms with Gasteiger partial charge in [-0.2, -0.15) is 0 Å². The summed E-state index contributed by atoms with van der Waals surface area (Å²) in [4.78, 5) is 38.3. The topological polar surface area (TPSA) is 97.0 Å². The smallest absolute Gasteiger partial charge is 0.329 e. The first-order chi connectivity index (χ1) is 17.3. The summed E-state index contributed by atoms with van der Waals surface area (Å²) < 4.78 is 24.2. The van der Waals surface area contributed by atoms with Crippen LogP contribution in [0.3, 0.4) is 0 Å². The number of aryl methyl sites for hydroxylation is 1. The van der Waals surface area contributed by atoms with Crippen LogP contribution >= 0.6 is 0 Å². The van der Waals surface area contributed by atoms with Crippen LogP contribution < -0.4 is 20.1 Å². The highest BCUT2D eigenvalue weighted by molar-refractivity contribution is 6.15. The summed E-state index contributed by atoms with van der Waals surface area (Å²) in [6.45, 7) is 1.72. The predicted molar refractivity (Wildman–Crippen MR) is 132 cm³/mol. The number of carbonyl (C=O) groups is 3. The molecule has 0 aromatic heterocycles. The molecule has 0 unspecified atom stereocenters. The minimum absolute atomic E-state index is 0.0326. The van der Waals surface area contributed by atoms with Crippen LogP contribution in [0.2, 0.25) is 0 Å². The summed E-state index contributed by atoms with van der Waals surface area (Å²) in [7, 11) is 1.48. The molecule has 1 aliphatic rings. The van der Waals surface area contributed by atoms with Crippen molar-refractivity contribution in [2.45, 2.75) is 13.5 Å². The van der Waals surface area contributed by atoms with E-state index >= 15 is 0 Å². The molecule has 0 radical (unpaired) electrons. The van der Waals surface area contributed by atoms with E-state index in [0.717, 1.165) is 16.0 Å². The van der Waals surface area contributed by atoms with E-state index in [2.05, 4.69) is 10.6 Å². The Hall–Kier alpha value is -4.66. The molecule has 0 atom stereocenters. The summed E-state index contributed by atoms with van der Waals surface area (Å²) in [6.07, 6.45) is 1.49. The van der Waals surface area contributed by atoms with Crippen molar-refractivity contribution >= 4 is 29.6 Å². The number of hydrogen-bond donors (Lipinski definition) is 2. The van der Waals surface area contributed by atoms with Crippen LogP contribution in [-0.2, 0) is 16.2 Å². The molecule has 8 nitrogen and oxygen atoms in total. The second kappa shape index (κ2) is 10.7. The van der Waals surface area contributed by atoms with Crippen molar-refractivity contribution in [3.8, 4) is 11.5 Å². The number of amides is 4. The molecule has 36 heavy (non-hydrogen) atoms. The molecular formula is C27H24FN3O5. The average molecular weight is 490 g/mol. The summed E-state index contributed by atoms with van der Waals surface area (Å²) >= 11 is 0. The van der Waals surface area contributed by atoms with E-state index in [1.807, 2.05) is 19.1 Å². The minimum Gasteiger partial charge on any atom is -0.493 e. The Kier molecular flexibility index (Phi) is 7.29. The molecular weight excluding hydrogens is 465 g/mol. The normalized spacial score (nSPS) is 14.1. The maximum absolute atomic E-state index is 13.1. The van der Waals surface area contributed by atoms with Gasteiger partial charge in [-0.05, 0) is 60.5 Å². The van der Waals surface area contributed by atoms with Crippen LogP contribution in [-0.4, -0.2) is 36.4 Å². The molecule has 184 valence electrons. The van der Waals surface area contributed by atoms with Gasteiger partial charge in [0.1, 0.15) is 24.7 Å². The number of carbonyl (C=O) groups excluding carboxylic acids is 3. The molecule has 3 aromatic carbocycles. The first-order valence-electron chi connectivity index (χ1n) is 11.1. The molecule has 2 N–H and O–H groups in total. The van der Waals surface area contributed by atoms with Crippen LogP contribution in [0.15, 0.2) is 72.4 Å². The van der Waals surface area contributed by atoms with Crippen molar-refractivity contribution in [2.75, 3.05) is 19.0 Å². The number of anilines is 1. The van der Waals surface area contributed by atoms with Gasteiger partial charge in [0.2, 0.25) is 5.91 Å². The highest BCUT2D eigenvalue weighted by Gasteiger charge is 2.35. The van der Waals surface area contributed by atoms with Gasteiger partial charge >= 0.3 is 6.03 Å². The zero-order valence-corrected chi connectivity index (χ0v) is 19.7. The van der Waals surface area contributed by atoms with E-state index in [9.17, 15) is 18.8 Å². The van der Waals surface area contributed by atoms with Gasteiger partial charge in [-0.3, -0.25) is 9.59 Å². The third-order valence-corrected chi connectivity index (χ3v) is 5.41. The third kappa shape index (κ3) is 5.87. The summed E-state index contributed by atoms with van der Waals surface area (Å²) in [6, 6.07) is 17.5. The second-order valence-corrected chi connectivity index (χ2v) is 8.12. The van der Waals surface area contributed by atoms with Crippen molar-refractivity contribution in [3.05, 3.63) is 94.9 Å². The SMILES string of the molecule is COc1cc(C=C2NC(=O)N(CC(=O)Nc3ccc(C)cc3)C2=O)ccc1OCc1ccc(F)cc1. The molecule has 9 heteroatoms. The molecule has 1 aliphatic heterocycles. The monoisotopic (exact) mass is 489 g/mol. The molecule has 1 heterocycles. The largest absolute Gasteiger partial charge is 0.493 e. The standard InChI is InChI=1S/C27H24FN3O5/c1-17-3-10-21(11-4-17)29-25(32)15-31-26(33)22(30-27(31)34)13-19-7-12-23(24(14-19)35-2)36-16-18-5-8-20(28)9-6-18/h3-14H,15-16H2,1-2H3,(H,29,32)(H,30,34). The molecule has 0 aliphatic carbocycles. The maximum atomic E-state index is 13.1. The van der Waals surface area contributed by atoms with Crippen molar-refractivity contribution in [1.29, 1.82) is 0 Å². The molecule has 4 amide bonds. The molecule has 0 spiro atoms. The third-order valence-electron chi connectivity index (χ3n) is 5.41. The quantitative estimate of drug-likeness (QED) is 0.364. The lowest BCUT2D eigenvalue weighted by atomic mass is 10.1. The van der Waals surface area contributed by atoms with E-state index in [0.29, 0.717) is 22.7 Å². The Morgan fingerprint density at radius 3 is 2.44 bits per heavy atom. The average Bonchev–Trinajstić information content (AvgIpc) is 3.12. The van der Waals surface area contributed by atoms with E-state index in [1.54, 1.807) is 42.5 Å². The highest BCUT2D eigenvalue weighted by Crippen LogP contribution is 2.30. The lowest BCUT2D eigenvalue weighted by Gasteiger charge is -2.12. The number of halogens is 1. The molecule has 0 bridgehead atoms. The van der Waals surface area contributed by atoms with Gasteiger partial charge < -0.3 is 20.1 Å². The van der Waals surface area contributed by atoms with Gasteiger partial charge in [0.15, 0.2) is 11.5 Å². The summed E-state index contributed by atoms with van der Waals surface area (Å²) in [5, 5.41) is 5.17. The lowest BCUT2D eigenvalue weighted by molar-refractivity contribution is -0.127. The number of methoxy groups -OCH3 is 1. The van der Waals surface area contributed by atoms with Crippen molar-refractivity contribution in [1.82, 2.24) is 10.2 Å². The number of urea groups is 1. The fourth-order valence-corrected chi connectivity index (χ4v) is 3.50. The van der Waals surface area contributed by atoms with Gasteiger partial charge in [0.25, 0.3) is 5.91 Å². The fourth-order valence-electron chi connectivity index (χ4n) is 3.50. The van der Waals surface area contributed by atoms with Gasteiger partial charge in [-0.15, -0.1) is 0 Å². The van der Waals surface area contributed by atoms with Crippen molar-refractivity contribution < 1.29 is 28.2 Å². The number of nitrogens with zero attached hydrogens (tertiary/aromatic N) is 1. The molecule has 0 saturated carbocycles. The fraction of sp³-hybridized carbons (Fsp3) is 0.148. The zero-order chi connectivity index (χ0) is 25.7. The van der Waals surface area contributed by atoms with E-state index in [-0.39, 0.29) is 18.1 Å².